The minimum atomic E-state index is -0.362. The Morgan fingerprint density at radius 3 is 1.57 bits per heavy atom. The molecule has 0 bridgehead atoms. The number of carbonyl (C=O) groups is 1. The number of hydrogen-bond donors (Lipinski definition) is 6. The summed E-state index contributed by atoms with van der Waals surface area (Å²) in [5.41, 5.74) is 16.0. The van der Waals surface area contributed by atoms with Gasteiger partial charge in [0, 0.05) is 67.1 Å². The average Bonchev–Trinajstić information content (AvgIpc) is 3.92. The lowest BCUT2D eigenvalue weighted by Crippen LogP contribution is -2.38. The molecular weight excluding hydrogens is 741 g/mol. The first kappa shape index (κ1) is 44.9. The van der Waals surface area contributed by atoms with Crippen LogP contribution in [0.25, 0.3) is 33.8 Å². The van der Waals surface area contributed by atoms with Crippen molar-refractivity contribution in [3.63, 3.8) is 0 Å². The molecule has 0 saturated carbocycles. The molecule has 58 heavy (non-hydrogen) atoms. The van der Waals surface area contributed by atoms with Gasteiger partial charge in [0.05, 0.1) is 45.7 Å². The highest BCUT2D eigenvalue weighted by atomic mass is 16.5. The van der Waals surface area contributed by atoms with E-state index in [9.17, 15) is 4.79 Å². The van der Waals surface area contributed by atoms with Crippen LogP contribution in [0, 0.1) is 0 Å². The van der Waals surface area contributed by atoms with Crippen LogP contribution in [-0.4, -0.2) is 123 Å². The third-order valence-corrected chi connectivity index (χ3v) is 8.87. The largest absolute Gasteiger partial charge is 0.399 e. The molecule has 312 valence electrons. The lowest BCUT2D eigenvalue weighted by atomic mass is 10.2. The maximum Gasteiger partial charge on any atom is 0.319 e. The van der Waals surface area contributed by atoms with Crippen molar-refractivity contribution in [2.75, 3.05) is 86.7 Å². The second-order valence-corrected chi connectivity index (χ2v) is 13.4. The Morgan fingerprint density at radius 1 is 0.724 bits per heavy atom. The predicted molar refractivity (Wildman–Crippen MR) is 230 cm³/mol. The molecular formula is C41H58N12O5. The number of amides is 2. The van der Waals surface area contributed by atoms with Crippen LogP contribution in [-0.2, 0) is 9.47 Å². The van der Waals surface area contributed by atoms with Crippen LogP contribution in [0.4, 0.5) is 27.8 Å². The van der Waals surface area contributed by atoms with E-state index in [1.807, 2.05) is 82.1 Å². The highest BCUT2D eigenvalue weighted by Crippen LogP contribution is 2.27. The molecule has 2 aromatic carbocycles. The Hall–Kier alpha value is -5.85. The molecule has 0 aliphatic carbocycles. The quantitative estimate of drug-likeness (QED) is 0.119. The third kappa shape index (κ3) is 11.6. The Morgan fingerprint density at radius 2 is 1.16 bits per heavy atom. The zero-order valence-electron chi connectivity index (χ0n) is 31.7. The van der Waals surface area contributed by atoms with E-state index in [2.05, 4.69) is 30.6 Å². The molecule has 2 amide bonds. The van der Waals surface area contributed by atoms with Crippen molar-refractivity contribution in [1.82, 2.24) is 34.5 Å². The van der Waals surface area contributed by atoms with Crippen LogP contribution in [0.15, 0.2) is 85.2 Å². The van der Waals surface area contributed by atoms with Crippen LogP contribution in [0.2, 0.25) is 0 Å². The SMILES string of the molecule is C.C.C[C@@H](N)CO.C[C@H](CO)NC(=O)Nc1ccc(-c2nc(N3CCOCC3)c3cccn3n2)cc1.Nc1ccc(-c2nc(N3CCOCC3)c3cccn3n2)cc1. The predicted octanol–water partition coefficient (Wildman–Crippen LogP) is 4.15. The normalized spacial score (nSPS) is 14.8. The number of hydrogen-bond acceptors (Lipinski definition) is 13. The summed E-state index contributed by atoms with van der Waals surface area (Å²) in [7, 11) is 0. The Labute approximate surface area is 339 Å². The lowest BCUT2D eigenvalue weighted by Gasteiger charge is -2.28. The fourth-order valence-electron chi connectivity index (χ4n) is 5.87. The van der Waals surface area contributed by atoms with Gasteiger partial charge in [-0.05, 0) is 86.6 Å². The van der Waals surface area contributed by atoms with Gasteiger partial charge < -0.3 is 51.6 Å². The molecule has 8 N–H and O–H groups in total. The van der Waals surface area contributed by atoms with E-state index in [1.165, 1.54) is 0 Å². The van der Waals surface area contributed by atoms with Crippen molar-refractivity contribution >= 4 is 40.1 Å². The molecule has 0 radical (unpaired) electrons. The molecule has 2 fully saturated rings. The van der Waals surface area contributed by atoms with Crippen molar-refractivity contribution in [1.29, 1.82) is 0 Å². The highest BCUT2D eigenvalue weighted by Gasteiger charge is 2.20. The molecule has 17 nitrogen and oxygen atoms in total. The fraction of sp³-hybridized carbons (Fsp3) is 0.390. The number of anilines is 4. The number of urea groups is 1. The fourth-order valence-corrected chi connectivity index (χ4v) is 5.87. The van der Waals surface area contributed by atoms with Crippen LogP contribution < -0.4 is 31.9 Å². The average molecular weight is 799 g/mol. The standard InChI is InChI=1S/C20H24N6O3.C16H17N5O.C3H9NO.2CH4/c1-14(13-27)21-20(28)22-16-6-4-15(5-7-16)18-23-19(25-9-11-29-12-10-25)17-3-2-8-26(17)24-18;17-13-5-3-12(4-6-13)15-18-16(20-8-10-22-11-9-20)14-2-1-7-21(14)19-15;1-3(4)2-5;;/h2-8,14,27H,9-13H2,1H3,(H2,21,22,28);1-7H,8-11,17H2;3,5H,2,4H2,1H3;2*1H4/t14-;;3-;;/m1.1../s1. The summed E-state index contributed by atoms with van der Waals surface area (Å²) >= 11 is 0. The van der Waals surface area contributed by atoms with Gasteiger partial charge in [-0.1, -0.05) is 14.9 Å². The van der Waals surface area contributed by atoms with Gasteiger partial charge >= 0.3 is 6.03 Å². The topological polar surface area (TPSA) is 219 Å². The smallest absolute Gasteiger partial charge is 0.319 e. The Bertz CT molecular complexity index is 2150. The van der Waals surface area contributed by atoms with Gasteiger partial charge in [-0.2, -0.15) is 0 Å². The highest BCUT2D eigenvalue weighted by molar-refractivity contribution is 5.89. The van der Waals surface area contributed by atoms with Crippen LogP contribution >= 0.6 is 0 Å². The van der Waals surface area contributed by atoms with Gasteiger partial charge in [0.15, 0.2) is 23.3 Å². The van der Waals surface area contributed by atoms with E-state index < -0.39 is 0 Å². The molecule has 8 rings (SSSR count). The monoisotopic (exact) mass is 798 g/mol. The zero-order valence-corrected chi connectivity index (χ0v) is 31.7. The number of aliphatic hydroxyl groups excluding tert-OH is 2. The van der Waals surface area contributed by atoms with Gasteiger partial charge in [0.1, 0.15) is 11.0 Å². The first-order valence-electron chi connectivity index (χ1n) is 18.6. The van der Waals surface area contributed by atoms with Crippen molar-refractivity contribution < 1.29 is 24.5 Å². The number of nitrogens with two attached hydrogens (primary N) is 2. The van der Waals surface area contributed by atoms with Gasteiger partial charge in [-0.15, -0.1) is 10.2 Å². The lowest BCUT2D eigenvalue weighted by molar-refractivity contribution is 0.122. The Kier molecular flexibility index (Phi) is 16.7. The van der Waals surface area contributed by atoms with E-state index in [0.717, 1.165) is 78.9 Å². The molecule has 2 aliphatic heterocycles. The minimum absolute atomic E-state index is 0. The summed E-state index contributed by atoms with van der Waals surface area (Å²) in [6, 6.07) is 22.2. The van der Waals surface area contributed by atoms with Crippen LogP contribution in [0.5, 0.6) is 0 Å². The van der Waals surface area contributed by atoms with E-state index in [1.54, 1.807) is 26.0 Å². The number of nitrogens with zero attached hydrogens (tertiary/aromatic N) is 8. The number of carbonyl (C=O) groups excluding carboxylic acids is 1. The summed E-state index contributed by atoms with van der Waals surface area (Å²) in [6.07, 6.45) is 3.86. The van der Waals surface area contributed by atoms with Gasteiger partial charge in [0.2, 0.25) is 0 Å². The number of rotatable bonds is 8. The van der Waals surface area contributed by atoms with E-state index >= 15 is 0 Å². The van der Waals surface area contributed by atoms with Gasteiger partial charge in [-0.3, -0.25) is 0 Å². The van der Waals surface area contributed by atoms with Crippen molar-refractivity contribution in [3.8, 4) is 22.8 Å². The molecule has 0 spiro atoms. The number of nitrogens with one attached hydrogen (secondary N) is 2. The summed E-state index contributed by atoms with van der Waals surface area (Å²) in [4.78, 5) is 26.0. The number of nitrogen functional groups attached to an aromatic ring is 1. The van der Waals surface area contributed by atoms with Crippen LogP contribution in [0.1, 0.15) is 28.7 Å². The van der Waals surface area contributed by atoms with Crippen LogP contribution in [0.3, 0.4) is 0 Å². The maximum atomic E-state index is 11.9. The second-order valence-electron chi connectivity index (χ2n) is 13.4. The van der Waals surface area contributed by atoms with Gasteiger partial charge in [-0.25, -0.2) is 23.8 Å². The maximum absolute atomic E-state index is 11.9. The second kappa shape index (κ2) is 21.6. The number of aromatic nitrogens is 6. The van der Waals surface area contributed by atoms with E-state index in [4.69, 9.17) is 41.1 Å². The molecule has 2 saturated heterocycles. The number of aliphatic hydroxyl groups is 2. The molecule has 0 unspecified atom stereocenters. The molecule has 2 aliphatic rings. The van der Waals surface area contributed by atoms with Crippen molar-refractivity contribution in [3.05, 3.63) is 85.2 Å². The first-order valence-corrected chi connectivity index (χ1v) is 18.6. The number of morpholine rings is 2. The molecule has 2 atom stereocenters. The molecule has 6 aromatic rings. The molecule has 6 heterocycles. The number of benzene rings is 2. The van der Waals surface area contributed by atoms with Gasteiger partial charge in [0.25, 0.3) is 0 Å². The minimum Gasteiger partial charge on any atom is -0.399 e. The Balaban J connectivity index is 0.000000229. The zero-order chi connectivity index (χ0) is 39.4. The summed E-state index contributed by atoms with van der Waals surface area (Å²) in [5, 5.41) is 31.6. The molecule has 4 aromatic heterocycles. The van der Waals surface area contributed by atoms with Crippen molar-refractivity contribution in [2.24, 2.45) is 5.73 Å². The first-order chi connectivity index (χ1) is 27.2. The summed E-state index contributed by atoms with van der Waals surface area (Å²) in [6.45, 7) is 9.55. The summed E-state index contributed by atoms with van der Waals surface area (Å²) < 4.78 is 14.6. The number of ether oxygens (including phenoxy) is 2. The summed E-state index contributed by atoms with van der Waals surface area (Å²) in [5.74, 6) is 3.16. The van der Waals surface area contributed by atoms with E-state index in [-0.39, 0.29) is 46.2 Å². The third-order valence-electron chi connectivity index (χ3n) is 8.87. The molecule has 17 heteroatoms. The van der Waals surface area contributed by atoms with E-state index in [0.29, 0.717) is 30.5 Å². The van der Waals surface area contributed by atoms with Crippen molar-refractivity contribution in [2.45, 2.75) is 40.8 Å². The number of fused-ring (bicyclic) bond motifs is 2.